The van der Waals surface area contributed by atoms with Crippen LogP contribution in [0.25, 0.3) is 0 Å². The van der Waals surface area contributed by atoms with Crippen LogP contribution in [0.2, 0.25) is 0 Å². The van der Waals surface area contributed by atoms with Gasteiger partial charge in [0.05, 0.1) is 6.42 Å². The maximum Gasteiger partial charge on any atom is 0.137 e. The number of hydrogen-bond acceptors (Lipinski definition) is 3. The normalized spacial score (nSPS) is 17.9. The van der Waals surface area contributed by atoms with Crippen molar-refractivity contribution >= 4 is 5.78 Å². The van der Waals surface area contributed by atoms with E-state index in [9.17, 15) is 4.79 Å². The molecule has 1 aliphatic heterocycles. The van der Waals surface area contributed by atoms with Gasteiger partial charge >= 0.3 is 0 Å². The lowest BCUT2D eigenvalue weighted by Crippen LogP contribution is -2.14. The van der Waals surface area contributed by atoms with Crippen molar-refractivity contribution in [3.8, 4) is 0 Å². The van der Waals surface area contributed by atoms with Crippen LogP contribution in [0.5, 0.6) is 0 Å². The zero-order valence-electron chi connectivity index (χ0n) is 8.95. The van der Waals surface area contributed by atoms with Crippen molar-refractivity contribution in [3.63, 3.8) is 0 Å². The summed E-state index contributed by atoms with van der Waals surface area (Å²) in [6.45, 7) is 3.23. The van der Waals surface area contributed by atoms with E-state index in [4.69, 9.17) is 4.74 Å². The third-order valence-electron chi connectivity index (χ3n) is 2.73. The Morgan fingerprint density at radius 2 is 2.33 bits per heavy atom. The number of aromatic nitrogens is 2. The van der Waals surface area contributed by atoms with Crippen molar-refractivity contribution in [3.05, 3.63) is 17.7 Å². The first-order valence-electron chi connectivity index (χ1n) is 5.36. The standard InChI is InChI=1S/C11H16N2O2/c1-8(14)6-11-12-7-10(13-11)9-2-4-15-5-3-9/h7,9H,2-6H2,1H3,(H,12,13). The molecular formula is C11H16N2O2. The highest BCUT2D eigenvalue weighted by atomic mass is 16.5. The van der Waals surface area contributed by atoms with E-state index in [-0.39, 0.29) is 5.78 Å². The minimum absolute atomic E-state index is 0.142. The van der Waals surface area contributed by atoms with Gasteiger partial charge < -0.3 is 9.72 Å². The van der Waals surface area contributed by atoms with E-state index in [1.165, 1.54) is 0 Å². The van der Waals surface area contributed by atoms with Crippen LogP contribution in [0, 0.1) is 0 Å². The van der Waals surface area contributed by atoms with Gasteiger partial charge in [0.15, 0.2) is 0 Å². The molecule has 0 spiro atoms. The van der Waals surface area contributed by atoms with Crippen molar-refractivity contribution in [2.24, 2.45) is 0 Å². The third kappa shape index (κ3) is 2.65. The van der Waals surface area contributed by atoms with E-state index in [0.29, 0.717) is 12.3 Å². The van der Waals surface area contributed by atoms with Gasteiger partial charge in [-0.2, -0.15) is 0 Å². The molecule has 0 saturated carbocycles. The Bertz CT molecular complexity index is 340. The fourth-order valence-corrected chi connectivity index (χ4v) is 1.92. The van der Waals surface area contributed by atoms with Crippen LogP contribution < -0.4 is 0 Å². The van der Waals surface area contributed by atoms with E-state index in [2.05, 4.69) is 9.97 Å². The highest BCUT2D eigenvalue weighted by Gasteiger charge is 2.17. The Morgan fingerprint density at radius 1 is 1.60 bits per heavy atom. The number of rotatable bonds is 3. The number of aromatic amines is 1. The quantitative estimate of drug-likeness (QED) is 0.817. The summed E-state index contributed by atoms with van der Waals surface area (Å²) < 4.78 is 5.30. The van der Waals surface area contributed by atoms with Crippen molar-refractivity contribution in [2.75, 3.05) is 13.2 Å². The minimum atomic E-state index is 0.142. The highest BCUT2D eigenvalue weighted by Crippen LogP contribution is 2.25. The lowest BCUT2D eigenvalue weighted by molar-refractivity contribution is -0.116. The topological polar surface area (TPSA) is 55.0 Å². The fourth-order valence-electron chi connectivity index (χ4n) is 1.92. The van der Waals surface area contributed by atoms with Gasteiger partial charge in [-0.05, 0) is 19.8 Å². The molecule has 82 valence electrons. The molecule has 0 aromatic carbocycles. The van der Waals surface area contributed by atoms with Gasteiger partial charge in [-0.25, -0.2) is 4.98 Å². The molecule has 1 aromatic rings. The molecule has 0 unspecified atom stereocenters. The summed E-state index contributed by atoms with van der Waals surface area (Å²) in [4.78, 5) is 18.4. The summed E-state index contributed by atoms with van der Waals surface area (Å²) in [5.74, 6) is 1.44. The second kappa shape index (κ2) is 4.57. The molecule has 4 nitrogen and oxygen atoms in total. The Labute approximate surface area is 89.0 Å². The Hall–Kier alpha value is -1.16. The lowest BCUT2D eigenvalue weighted by Gasteiger charge is -2.20. The number of carbonyl (C=O) groups is 1. The molecule has 1 aliphatic rings. The van der Waals surface area contributed by atoms with E-state index >= 15 is 0 Å². The van der Waals surface area contributed by atoms with Gasteiger partial charge in [0, 0.05) is 31.0 Å². The SMILES string of the molecule is CC(=O)Cc1ncc(C2CCOCC2)[nH]1. The Kier molecular flexibility index (Phi) is 3.16. The van der Waals surface area contributed by atoms with Gasteiger partial charge in [-0.1, -0.05) is 0 Å². The molecule has 2 rings (SSSR count). The second-order valence-corrected chi connectivity index (χ2v) is 4.05. The average molecular weight is 208 g/mol. The van der Waals surface area contributed by atoms with Crippen LogP contribution in [0.4, 0.5) is 0 Å². The number of Topliss-reactive ketones (excluding diaryl/α,β-unsaturated/α-hetero) is 1. The maximum absolute atomic E-state index is 10.9. The molecule has 0 amide bonds. The molecule has 1 N–H and O–H groups in total. The first kappa shape index (κ1) is 10.4. The second-order valence-electron chi connectivity index (χ2n) is 4.05. The number of H-pyrrole nitrogens is 1. The van der Waals surface area contributed by atoms with Crippen molar-refractivity contribution in [1.82, 2.24) is 9.97 Å². The lowest BCUT2D eigenvalue weighted by atomic mass is 9.97. The summed E-state index contributed by atoms with van der Waals surface area (Å²) in [6.07, 6.45) is 4.35. The molecule has 0 bridgehead atoms. The van der Waals surface area contributed by atoms with E-state index in [1.54, 1.807) is 6.92 Å². The number of imidazole rings is 1. The van der Waals surface area contributed by atoms with Crippen LogP contribution in [-0.4, -0.2) is 29.0 Å². The van der Waals surface area contributed by atoms with Crippen LogP contribution >= 0.6 is 0 Å². The fraction of sp³-hybridized carbons (Fsp3) is 0.636. The van der Waals surface area contributed by atoms with Crippen molar-refractivity contribution in [1.29, 1.82) is 0 Å². The molecule has 1 saturated heterocycles. The Balaban J connectivity index is 2.02. The predicted molar refractivity (Wildman–Crippen MR) is 55.8 cm³/mol. The van der Waals surface area contributed by atoms with Gasteiger partial charge in [0.2, 0.25) is 0 Å². The molecule has 1 aromatic heterocycles. The highest BCUT2D eigenvalue weighted by molar-refractivity contribution is 5.77. The average Bonchev–Trinajstić information content (AvgIpc) is 2.67. The van der Waals surface area contributed by atoms with Crippen molar-refractivity contribution in [2.45, 2.75) is 32.1 Å². The molecular weight excluding hydrogens is 192 g/mol. The number of ketones is 1. The summed E-state index contributed by atoms with van der Waals surface area (Å²) in [5, 5.41) is 0. The predicted octanol–water partition coefficient (Wildman–Crippen LogP) is 1.44. The van der Waals surface area contributed by atoms with Crippen molar-refractivity contribution < 1.29 is 9.53 Å². The zero-order chi connectivity index (χ0) is 10.7. The number of carbonyl (C=O) groups excluding carboxylic acids is 1. The van der Waals surface area contributed by atoms with E-state index < -0.39 is 0 Å². The monoisotopic (exact) mass is 208 g/mol. The summed E-state index contributed by atoms with van der Waals surface area (Å²) in [5.41, 5.74) is 1.15. The van der Waals surface area contributed by atoms with E-state index in [0.717, 1.165) is 37.6 Å². The zero-order valence-corrected chi connectivity index (χ0v) is 8.95. The third-order valence-corrected chi connectivity index (χ3v) is 2.73. The number of nitrogens with zero attached hydrogens (tertiary/aromatic N) is 1. The molecule has 15 heavy (non-hydrogen) atoms. The molecule has 1 fully saturated rings. The molecule has 4 heteroatoms. The minimum Gasteiger partial charge on any atom is -0.381 e. The number of hydrogen-bond donors (Lipinski definition) is 1. The Morgan fingerprint density at radius 3 is 3.00 bits per heavy atom. The number of ether oxygens (including phenoxy) is 1. The van der Waals surface area contributed by atoms with Gasteiger partial charge in [-0.3, -0.25) is 4.79 Å². The van der Waals surface area contributed by atoms with Crippen LogP contribution in [-0.2, 0) is 16.0 Å². The van der Waals surface area contributed by atoms with Gasteiger partial charge in [-0.15, -0.1) is 0 Å². The maximum atomic E-state index is 10.9. The molecule has 2 heterocycles. The van der Waals surface area contributed by atoms with Gasteiger partial charge in [0.25, 0.3) is 0 Å². The summed E-state index contributed by atoms with van der Waals surface area (Å²) >= 11 is 0. The summed E-state index contributed by atoms with van der Waals surface area (Å²) in [7, 11) is 0. The largest absolute Gasteiger partial charge is 0.381 e. The molecule has 0 aliphatic carbocycles. The van der Waals surface area contributed by atoms with Crippen LogP contribution in [0.15, 0.2) is 6.20 Å². The first-order valence-corrected chi connectivity index (χ1v) is 5.36. The molecule has 0 atom stereocenters. The summed E-state index contributed by atoms with van der Waals surface area (Å²) in [6, 6.07) is 0. The smallest absolute Gasteiger partial charge is 0.137 e. The molecule has 0 radical (unpaired) electrons. The van der Waals surface area contributed by atoms with Crippen LogP contribution in [0.3, 0.4) is 0 Å². The van der Waals surface area contributed by atoms with Gasteiger partial charge in [0.1, 0.15) is 11.6 Å². The first-order chi connectivity index (χ1) is 7.25. The van der Waals surface area contributed by atoms with E-state index in [1.807, 2.05) is 6.20 Å². The number of nitrogens with one attached hydrogen (secondary N) is 1. The van der Waals surface area contributed by atoms with Crippen LogP contribution in [0.1, 0.15) is 37.2 Å².